The summed E-state index contributed by atoms with van der Waals surface area (Å²) in [6.07, 6.45) is -0.394. The van der Waals surface area contributed by atoms with Gasteiger partial charge in [-0.1, -0.05) is 35.8 Å². The van der Waals surface area contributed by atoms with Gasteiger partial charge in [0.25, 0.3) is 23.6 Å². The molecule has 0 aromatic heterocycles. The number of aliphatic hydroxyl groups excluding tert-OH is 5. The molecule has 1 aliphatic rings. The number of halogens is 2. The summed E-state index contributed by atoms with van der Waals surface area (Å²) in [4.78, 5) is 78.9. The van der Waals surface area contributed by atoms with Gasteiger partial charge in [-0.3, -0.25) is 28.8 Å². The molecule has 418 valence electrons. The number of nitrogens with one attached hydrogen (secondary N) is 2. The third-order valence-electron chi connectivity index (χ3n) is 12.8. The normalized spacial score (nSPS) is 15.1. The molecular formula is C57H66F2N4O15. The number of carbonyl (C=O) groups is 6. The van der Waals surface area contributed by atoms with Crippen molar-refractivity contribution in [2.45, 2.75) is 62.7 Å². The van der Waals surface area contributed by atoms with Gasteiger partial charge in [-0.05, 0) is 106 Å². The average molecular weight is 1090 g/mol. The maximum atomic E-state index is 14.5. The average Bonchev–Trinajstić information content (AvgIpc) is 3.46. The Kier molecular flexibility index (Phi) is 24.8. The Morgan fingerprint density at radius 3 is 1.40 bits per heavy atom. The van der Waals surface area contributed by atoms with Crippen LogP contribution in [0.25, 0.3) is 0 Å². The highest BCUT2D eigenvalue weighted by Crippen LogP contribution is 2.24. The Bertz CT molecular complexity index is 2820. The molecule has 0 aliphatic carbocycles. The molecule has 1 fully saturated rings. The van der Waals surface area contributed by atoms with E-state index in [9.17, 15) is 52.9 Å². The van der Waals surface area contributed by atoms with Crippen molar-refractivity contribution in [2.24, 2.45) is 0 Å². The summed E-state index contributed by atoms with van der Waals surface area (Å²) < 4.78 is 50.0. The van der Waals surface area contributed by atoms with Crippen LogP contribution in [-0.4, -0.2) is 176 Å². The summed E-state index contributed by atoms with van der Waals surface area (Å²) in [5, 5.41) is 51.6. The molecule has 21 heteroatoms. The van der Waals surface area contributed by atoms with Crippen LogP contribution in [0, 0.1) is 35.3 Å². The van der Waals surface area contributed by atoms with E-state index in [1.807, 2.05) is 0 Å². The topological polar surface area (TPSA) is 271 Å². The standard InChI is InChI=1S/C31H37FN2O8.C26H29FN2O7/c1-31(30(39)33-2,27(37)20-42-28-6-4-5-16-41-28)34(3)29(38)23-12-9-21(10-13-23)7-8-22-11-14-24(25(32)18-22)26(36)19-40-17-15-35;1-26(23(33)15-31,25(35)28-2)29(3)24(34)19-9-6-17(7-10-19)4-5-18-8-11-20(21(27)14-18)22(32)16-36-13-12-30/h9-14,18,26,28,35-36H,4-6,15-17,19-20H2,1-3H3,(H,33,39);6-11,14,22,30-32H,12-13,15-16H2,1-3H3,(H,28,35)/t26?,28?,31-;22?,26-/m11/s1. The molecule has 7 N–H and O–H groups in total. The summed E-state index contributed by atoms with van der Waals surface area (Å²) in [6, 6.07) is 20.6. The number of rotatable bonds is 22. The van der Waals surface area contributed by atoms with Gasteiger partial charge in [-0.2, -0.15) is 0 Å². The third kappa shape index (κ3) is 16.6. The number of ketones is 2. The number of Topliss-reactive ketones (excluding diaryl/α,β-unsaturated/α-hetero) is 2. The molecule has 19 nitrogen and oxygen atoms in total. The first-order valence-corrected chi connectivity index (χ1v) is 24.7. The van der Waals surface area contributed by atoms with Crippen molar-refractivity contribution < 1.29 is 82.0 Å². The van der Waals surface area contributed by atoms with Gasteiger partial charge in [0.15, 0.2) is 28.9 Å². The van der Waals surface area contributed by atoms with Crippen molar-refractivity contribution in [1.29, 1.82) is 0 Å². The zero-order valence-corrected chi connectivity index (χ0v) is 44.3. The fraction of sp³-hybridized carbons (Fsp3) is 0.404. The van der Waals surface area contributed by atoms with Crippen LogP contribution in [0.4, 0.5) is 8.78 Å². The molecule has 4 amide bonds. The van der Waals surface area contributed by atoms with Crippen LogP contribution in [0.5, 0.6) is 0 Å². The molecule has 1 heterocycles. The van der Waals surface area contributed by atoms with Crippen LogP contribution in [-0.2, 0) is 38.1 Å². The third-order valence-corrected chi connectivity index (χ3v) is 12.8. The number of likely N-dealkylation sites (N-methyl/N-ethyl adjacent to an activating group) is 4. The van der Waals surface area contributed by atoms with Gasteiger partial charge in [-0.15, -0.1) is 0 Å². The molecule has 4 aromatic rings. The van der Waals surface area contributed by atoms with Crippen molar-refractivity contribution >= 4 is 35.2 Å². The molecule has 4 aromatic carbocycles. The maximum Gasteiger partial charge on any atom is 0.254 e. The smallest absolute Gasteiger partial charge is 0.254 e. The predicted octanol–water partition coefficient (Wildman–Crippen LogP) is 2.36. The second kappa shape index (κ2) is 30.6. The van der Waals surface area contributed by atoms with E-state index in [2.05, 4.69) is 34.3 Å². The van der Waals surface area contributed by atoms with Gasteiger partial charge in [0, 0.05) is 79.3 Å². The summed E-state index contributed by atoms with van der Waals surface area (Å²) in [5.41, 5.74) is -1.38. The van der Waals surface area contributed by atoms with Crippen molar-refractivity contribution in [3.05, 3.63) is 141 Å². The van der Waals surface area contributed by atoms with Crippen LogP contribution in [0.15, 0.2) is 84.9 Å². The molecule has 5 atom stereocenters. The molecule has 78 heavy (non-hydrogen) atoms. The zero-order chi connectivity index (χ0) is 57.6. The summed E-state index contributed by atoms with van der Waals surface area (Å²) in [5.74, 6) is 6.14. The molecule has 0 bridgehead atoms. The number of nitrogens with zero attached hydrogens (tertiary/aromatic N) is 2. The summed E-state index contributed by atoms with van der Waals surface area (Å²) in [7, 11) is 5.40. The van der Waals surface area contributed by atoms with Crippen LogP contribution >= 0.6 is 0 Å². The van der Waals surface area contributed by atoms with Crippen LogP contribution < -0.4 is 10.6 Å². The van der Waals surface area contributed by atoms with Gasteiger partial charge >= 0.3 is 0 Å². The molecule has 1 aliphatic heterocycles. The Morgan fingerprint density at radius 2 is 1.04 bits per heavy atom. The Morgan fingerprint density at radius 1 is 0.641 bits per heavy atom. The van der Waals surface area contributed by atoms with Crippen molar-refractivity contribution in [3.8, 4) is 23.7 Å². The van der Waals surface area contributed by atoms with Crippen molar-refractivity contribution in [3.63, 3.8) is 0 Å². The van der Waals surface area contributed by atoms with E-state index in [0.717, 1.165) is 22.6 Å². The lowest BCUT2D eigenvalue weighted by molar-refractivity contribution is -0.174. The Labute approximate surface area is 451 Å². The van der Waals surface area contributed by atoms with Gasteiger partial charge in [0.05, 0.1) is 39.6 Å². The van der Waals surface area contributed by atoms with Crippen LogP contribution in [0.1, 0.15) is 99.4 Å². The summed E-state index contributed by atoms with van der Waals surface area (Å²) in [6.45, 7) is 1.26. The van der Waals surface area contributed by atoms with Crippen LogP contribution in [0.3, 0.4) is 0 Å². The number of carbonyl (C=O) groups excluding carboxylic acids is 6. The molecule has 0 radical (unpaired) electrons. The maximum absolute atomic E-state index is 14.5. The van der Waals surface area contributed by atoms with E-state index >= 15 is 0 Å². The number of aliphatic hydroxyl groups is 5. The van der Waals surface area contributed by atoms with Crippen LogP contribution in [0.2, 0.25) is 0 Å². The van der Waals surface area contributed by atoms with Gasteiger partial charge in [0.1, 0.15) is 37.1 Å². The second-order valence-corrected chi connectivity index (χ2v) is 17.9. The highest BCUT2D eigenvalue weighted by Gasteiger charge is 2.47. The minimum absolute atomic E-state index is 0.0388. The number of amides is 4. The van der Waals surface area contributed by atoms with Gasteiger partial charge in [0.2, 0.25) is 0 Å². The lowest BCUT2D eigenvalue weighted by atomic mass is 9.92. The van der Waals surface area contributed by atoms with Crippen molar-refractivity contribution in [1.82, 2.24) is 20.4 Å². The minimum atomic E-state index is -1.90. The van der Waals surface area contributed by atoms with E-state index in [-0.39, 0.29) is 61.9 Å². The molecule has 3 unspecified atom stereocenters. The molecular weight excluding hydrogens is 1020 g/mol. The fourth-order valence-electron chi connectivity index (χ4n) is 7.65. The van der Waals surface area contributed by atoms with Crippen molar-refractivity contribution in [2.75, 3.05) is 87.7 Å². The van der Waals surface area contributed by atoms with E-state index in [0.29, 0.717) is 35.3 Å². The zero-order valence-electron chi connectivity index (χ0n) is 44.3. The van der Waals surface area contributed by atoms with E-state index < -0.39 is 89.6 Å². The van der Waals surface area contributed by atoms with Gasteiger partial charge in [-0.25, -0.2) is 8.78 Å². The minimum Gasteiger partial charge on any atom is -0.394 e. The number of benzene rings is 4. The second-order valence-electron chi connectivity index (χ2n) is 17.9. The lowest BCUT2D eigenvalue weighted by Gasteiger charge is -2.36. The molecule has 1 saturated heterocycles. The highest BCUT2D eigenvalue weighted by atomic mass is 19.1. The fourth-order valence-corrected chi connectivity index (χ4v) is 7.65. The number of hydrogen-bond donors (Lipinski definition) is 7. The van der Waals surface area contributed by atoms with Gasteiger partial charge < -0.3 is 64.9 Å². The summed E-state index contributed by atoms with van der Waals surface area (Å²) >= 11 is 0. The Hall–Kier alpha value is -7.28. The first kappa shape index (κ1) is 63.3. The molecule has 0 saturated carbocycles. The predicted molar refractivity (Wildman–Crippen MR) is 279 cm³/mol. The molecule has 5 rings (SSSR count). The Balaban J connectivity index is 0.000000341. The number of ether oxygens (including phenoxy) is 4. The lowest BCUT2D eigenvalue weighted by Crippen LogP contribution is -2.62. The molecule has 0 spiro atoms. The quantitative estimate of drug-likeness (QED) is 0.0338. The number of hydrogen-bond acceptors (Lipinski definition) is 15. The largest absolute Gasteiger partial charge is 0.394 e. The van der Waals surface area contributed by atoms with E-state index in [4.69, 9.17) is 29.2 Å². The highest BCUT2D eigenvalue weighted by molar-refractivity contribution is 6.15. The monoisotopic (exact) mass is 1080 g/mol. The SMILES string of the molecule is CNC(=O)[C@@](C)(C(=O)CO)N(C)C(=O)c1ccc(C#Cc2ccc(C(O)COCCO)c(F)c2)cc1.CNC(=O)[C@@](C)(C(=O)COC1CCCCO1)N(C)C(=O)c1ccc(C#Cc2ccc(C(O)COCCO)c(F)c2)cc1. The first-order valence-electron chi connectivity index (χ1n) is 24.7. The van der Waals surface area contributed by atoms with E-state index in [1.165, 1.54) is 90.6 Å². The van der Waals surface area contributed by atoms with E-state index in [1.54, 1.807) is 36.4 Å². The first-order chi connectivity index (χ1) is 37.2.